The molecule has 0 aromatic heterocycles. The summed E-state index contributed by atoms with van der Waals surface area (Å²) in [7, 11) is 0. The van der Waals surface area contributed by atoms with E-state index < -0.39 is 0 Å². The SMILES string of the molecule is O=C(NCCSCc1ccccc1F)C1(c2ccccc2)CCC1. The van der Waals surface area contributed by atoms with Gasteiger partial charge in [0.05, 0.1) is 5.41 Å². The molecule has 0 saturated heterocycles. The summed E-state index contributed by atoms with van der Waals surface area (Å²) in [5, 5.41) is 3.07. The number of hydrogen-bond acceptors (Lipinski definition) is 2. The number of benzene rings is 2. The summed E-state index contributed by atoms with van der Waals surface area (Å²) < 4.78 is 13.5. The number of carbonyl (C=O) groups is 1. The smallest absolute Gasteiger partial charge is 0.230 e. The second-order valence-corrected chi connectivity index (χ2v) is 7.31. The zero-order valence-electron chi connectivity index (χ0n) is 13.6. The average molecular weight is 343 g/mol. The summed E-state index contributed by atoms with van der Waals surface area (Å²) >= 11 is 1.64. The van der Waals surface area contributed by atoms with E-state index in [4.69, 9.17) is 0 Å². The van der Waals surface area contributed by atoms with Crippen LogP contribution in [-0.4, -0.2) is 18.2 Å². The molecular weight excluding hydrogens is 321 g/mol. The Balaban J connectivity index is 1.46. The largest absolute Gasteiger partial charge is 0.355 e. The highest BCUT2D eigenvalue weighted by Crippen LogP contribution is 2.43. The van der Waals surface area contributed by atoms with Gasteiger partial charge in [-0.2, -0.15) is 11.8 Å². The molecule has 24 heavy (non-hydrogen) atoms. The van der Waals surface area contributed by atoms with Gasteiger partial charge in [-0.05, 0) is 30.0 Å². The van der Waals surface area contributed by atoms with Crippen molar-refractivity contribution in [2.75, 3.05) is 12.3 Å². The number of thioether (sulfide) groups is 1. The van der Waals surface area contributed by atoms with E-state index in [1.54, 1.807) is 23.9 Å². The van der Waals surface area contributed by atoms with E-state index in [1.807, 2.05) is 36.4 Å². The van der Waals surface area contributed by atoms with E-state index in [9.17, 15) is 9.18 Å². The van der Waals surface area contributed by atoms with Crippen LogP contribution in [-0.2, 0) is 16.0 Å². The third kappa shape index (κ3) is 3.64. The topological polar surface area (TPSA) is 29.1 Å². The second kappa shape index (κ2) is 7.84. The molecular formula is C20H22FNOS. The van der Waals surface area contributed by atoms with Gasteiger partial charge in [0.25, 0.3) is 0 Å². The molecule has 3 rings (SSSR count). The first-order valence-corrected chi connectivity index (χ1v) is 9.53. The summed E-state index contributed by atoms with van der Waals surface area (Å²) in [6.45, 7) is 0.618. The normalized spacial score (nSPS) is 15.5. The molecule has 1 N–H and O–H groups in total. The molecule has 1 fully saturated rings. The molecule has 0 spiro atoms. The molecule has 0 unspecified atom stereocenters. The van der Waals surface area contributed by atoms with Crippen molar-refractivity contribution in [3.8, 4) is 0 Å². The number of amides is 1. The van der Waals surface area contributed by atoms with Crippen molar-refractivity contribution in [3.63, 3.8) is 0 Å². The third-order valence-corrected chi connectivity index (χ3v) is 5.72. The number of hydrogen-bond donors (Lipinski definition) is 1. The van der Waals surface area contributed by atoms with Crippen LogP contribution in [0.5, 0.6) is 0 Å². The molecule has 126 valence electrons. The molecule has 0 heterocycles. The standard InChI is InChI=1S/C20H22FNOS/c21-18-10-5-4-7-16(18)15-24-14-13-22-19(23)20(11-6-12-20)17-8-2-1-3-9-17/h1-5,7-10H,6,11-15H2,(H,22,23). The molecule has 0 aliphatic heterocycles. The fraction of sp³-hybridized carbons (Fsp3) is 0.350. The minimum Gasteiger partial charge on any atom is -0.355 e. The molecule has 2 nitrogen and oxygen atoms in total. The average Bonchev–Trinajstić information content (AvgIpc) is 2.56. The first-order chi connectivity index (χ1) is 11.7. The summed E-state index contributed by atoms with van der Waals surface area (Å²) in [6, 6.07) is 16.9. The van der Waals surface area contributed by atoms with E-state index in [2.05, 4.69) is 5.32 Å². The van der Waals surface area contributed by atoms with E-state index >= 15 is 0 Å². The predicted octanol–water partition coefficient (Wildman–Crippen LogP) is 4.30. The van der Waals surface area contributed by atoms with Gasteiger partial charge in [0.15, 0.2) is 0 Å². The highest BCUT2D eigenvalue weighted by atomic mass is 32.2. The van der Waals surface area contributed by atoms with Crippen molar-refractivity contribution in [1.82, 2.24) is 5.32 Å². The van der Waals surface area contributed by atoms with Crippen LogP contribution in [0.15, 0.2) is 54.6 Å². The fourth-order valence-corrected chi connectivity index (χ4v) is 3.98. The minimum atomic E-state index is -0.336. The Morgan fingerprint density at radius 1 is 1.08 bits per heavy atom. The summed E-state index contributed by atoms with van der Waals surface area (Å²) in [5.74, 6) is 1.38. The number of rotatable bonds is 7. The van der Waals surface area contributed by atoms with E-state index in [0.717, 1.165) is 30.6 Å². The minimum absolute atomic E-state index is 0.131. The molecule has 1 aliphatic rings. The molecule has 1 saturated carbocycles. The van der Waals surface area contributed by atoms with E-state index in [-0.39, 0.29) is 17.1 Å². The molecule has 0 radical (unpaired) electrons. The maximum Gasteiger partial charge on any atom is 0.230 e. The van der Waals surface area contributed by atoms with Gasteiger partial charge in [-0.15, -0.1) is 0 Å². The lowest BCUT2D eigenvalue weighted by molar-refractivity contribution is -0.129. The van der Waals surface area contributed by atoms with Crippen LogP contribution in [0.1, 0.15) is 30.4 Å². The first kappa shape index (κ1) is 17.0. The van der Waals surface area contributed by atoms with Gasteiger partial charge in [-0.3, -0.25) is 4.79 Å². The van der Waals surface area contributed by atoms with Gasteiger partial charge in [-0.25, -0.2) is 4.39 Å². The Bertz CT molecular complexity index is 685. The van der Waals surface area contributed by atoms with Gasteiger partial charge >= 0.3 is 0 Å². The van der Waals surface area contributed by atoms with Crippen molar-refractivity contribution in [2.45, 2.75) is 30.4 Å². The summed E-state index contributed by atoms with van der Waals surface area (Å²) in [4.78, 5) is 12.7. The number of nitrogens with one attached hydrogen (secondary N) is 1. The Labute approximate surface area is 146 Å². The van der Waals surface area contributed by atoms with E-state index in [1.165, 1.54) is 6.07 Å². The monoisotopic (exact) mass is 343 g/mol. The highest BCUT2D eigenvalue weighted by Gasteiger charge is 2.45. The van der Waals surface area contributed by atoms with Crippen LogP contribution in [0.4, 0.5) is 4.39 Å². The Hall–Kier alpha value is -1.81. The van der Waals surface area contributed by atoms with Crippen LogP contribution in [0, 0.1) is 5.82 Å². The second-order valence-electron chi connectivity index (χ2n) is 6.20. The highest BCUT2D eigenvalue weighted by molar-refractivity contribution is 7.98. The van der Waals surface area contributed by atoms with Gasteiger partial charge in [0.1, 0.15) is 5.82 Å². The number of carbonyl (C=O) groups excluding carboxylic acids is 1. The quantitative estimate of drug-likeness (QED) is 0.760. The van der Waals surface area contributed by atoms with Gasteiger partial charge in [0.2, 0.25) is 5.91 Å². The maximum atomic E-state index is 13.5. The lowest BCUT2D eigenvalue weighted by Crippen LogP contribution is -2.49. The summed E-state index contributed by atoms with van der Waals surface area (Å²) in [6.07, 6.45) is 2.95. The van der Waals surface area contributed by atoms with Crippen molar-refractivity contribution >= 4 is 17.7 Å². The Morgan fingerprint density at radius 2 is 1.79 bits per heavy atom. The van der Waals surface area contributed by atoms with Crippen LogP contribution >= 0.6 is 11.8 Å². The molecule has 0 bridgehead atoms. The zero-order valence-corrected chi connectivity index (χ0v) is 14.4. The van der Waals surface area contributed by atoms with E-state index in [0.29, 0.717) is 17.9 Å². The lowest BCUT2D eigenvalue weighted by Gasteiger charge is -2.40. The van der Waals surface area contributed by atoms with Crippen molar-refractivity contribution in [1.29, 1.82) is 0 Å². The third-order valence-electron chi connectivity index (χ3n) is 4.72. The first-order valence-electron chi connectivity index (χ1n) is 8.37. The van der Waals surface area contributed by atoms with Crippen LogP contribution in [0.2, 0.25) is 0 Å². The van der Waals surface area contributed by atoms with Gasteiger partial charge in [0, 0.05) is 18.1 Å². The molecule has 1 aliphatic carbocycles. The summed E-state index contributed by atoms with van der Waals surface area (Å²) in [5.41, 5.74) is 1.50. The van der Waals surface area contributed by atoms with Gasteiger partial charge in [-0.1, -0.05) is 55.0 Å². The maximum absolute atomic E-state index is 13.5. The fourth-order valence-electron chi connectivity index (χ4n) is 3.14. The zero-order chi connectivity index (χ0) is 16.8. The van der Waals surface area contributed by atoms with Crippen LogP contribution < -0.4 is 5.32 Å². The molecule has 2 aromatic carbocycles. The van der Waals surface area contributed by atoms with Crippen molar-refractivity contribution in [2.24, 2.45) is 0 Å². The molecule has 1 amide bonds. The predicted molar refractivity (Wildman–Crippen MR) is 97.5 cm³/mol. The number of halogens is 1. The molecule has 0 atom stereocenters. The van der Waals surface area contributed by atoms with Crippen LogP contribution in [0.3, 0.4) is 0 Å². The lowest BCUT2D eigenvalue weighted by atomic mass is 9.64. The van der Waals surface area contributed by atoms with Gasteiger partial charge < -0.3 is 5.32 Å². The Morgan fingerprint density at radius 3 is 2.46 bits per heavy atom. The molecule has 4 heteroatoms. The molecule has 2 aromatic rings. The van der Waals surface area contributed by atoms with Crippen molar-refractivity contribution in [3.05, 3.63) is 71.5 Å². The van der Waals surface area contributed by atoms with Crippen molar-refractivity contribution < 1.29 is 9.18 Å². The Kier molecular flexibility index (Phi) is 5.56. The van der Waals surface area contributed by atoms with Crippen LogP contribution in [0.25, 0.3) is 0 Å².